The number of nitrogens with one attached hydrogen (secondary N) is 1. The van der Waals surface area contributed by atoms with Gasteiger partial charge in [-0.1, -0.05) is 53.7 Å². The summed E-state index contributed by atoms with van der Waals surface area (Å²) in [6.07, 6.45) is 0.304. The van der Waals surface area contributed by atoms with Gasteiger partial charge in [-0.15, -0.1) is 5.10 Å². The van der Waals surface area contributed by atoms with Crippen molar-refractivity contribution >= 4 is 35.0 Å². The monoisotopic (exact) mass is 403 g/mol. The van der Waals surface area contributed by atoms with Crippen molar-refractivity contribution in [2.45, 2.75) is 18.1 Å². The smallest absolute Gasteiger partial charge is 0.225 e. The number of benzene rings is 2. The molecule has 3 rings (SSSR count). The normalized spacial score (nSPS) is 10.6. The Bertz CT molecular complexity index is 904. The molecule has 140 valence electrons. The third kappa shape index (κ3) is 5.45. The first-order valence-corrected chi connectivity index (χ1v) is 9.58. The summed E-state index contributed by atoms with van der Waals surface area (Å²) in [5, 5.41) is 15.8. The Hall–Kier alpha value is -2.58. The summed E-state index contributed by atoms with van der Waals surface area (Å²) in [6, 6.07) is 15.0. The number of methoxy groups -OCH3 is 1. The number of carbonyl (C=O) groups is 1. The Morgan fingerprint density at radius 1 is 1.26 bits per heavy atom. The zero-order valence-corrected chi connectivity index (χ0v) is 16.2. The van der Waals surface area contributed by atoms with Crippen LogP contribution in [0.15, 0.2) is 53.7 Å². The van der Waals surface area contributed by atoms with Crippen LogP contribution in [0.4, 0.5) is 5.69 Å². The average Bonchev–Trinajstić information content (AvgIpc) is 3.10. The molecule has 0 fully saturated rings. The van der Waals surface area contributed by atoms with Crippen molar-refractivity contribution in [2.75, 3.05) is 18.2 Å². The van der Waals surface area contributed by atoms with E-state index in [2.05, 4.69) is 20.8 Å². The first kappa shape index (κ1) is 19.2. The Kier molecular flexibility index (Phi) is 6.67. The van der Waals surface area contributed by atoms with Crippen molar-refractivity contribution < 1.29 is 9.53 Å². The molecule has 0 aliphatic rings. The number of thioether (sulfide) groups is 1. The first-order valence-electron chi connectivity index (χ1n) is 8.22. The highest BCUT2D eigenvalue weighted by atomic mass is 35.5. The van der Waals surface area contributed by atoms with Crippen LogP contribution in [0.5, 0.6) is 5.75 Å². The Labute approximate surface area is 166 Å². The highest BCUT2D eigenvalue weighted by molar-refractivity contribution is 7.99. The largest absolute Gasteiger partial charge is 0.495 e. The van der Waals surface area contributed by atoms with Gasteiger partial charge in [0.2, 0.25) is 11.1 Å². The molecule has 27 heavy (non-hydrogen) atoms. The number of aromatic nitrogens is 4. The number of carbonyl (C=O) groups excluding carboxylic acids is 1. The van der Waals surface area contributed by atoms with Crippen molar-refractivity contribution in [1.29, 1.82) is 0 Å². The number of ether oxygens (including phenoxy) is 1. The molecule has 0 unspecified atom stereocenters. The van der Waals surface area contributed by atoms with Gasteiger partial charge in [-0.05, 0) is 34.2 Å². The van der Waals surface area contributed by atoms with Gasteiger partial charge in [0, 0.05) is 17.2 Å². The van der Waals surface area contributed by atoms with Crippen molar-refractivity contribution in [2.24, 2.45) is 0 Å². The van der Waals surface area contributed by atoms with E-state index >= 15 is 0 Å². The zero-order valence-electron chi connectivity index (χ0n) is 14.6. The zero-order chi connectivity index (χ0) is 19.1. The van der Waals surface area contributed by atoms with Gasteiger partial charge in [-0.2, -0.15) is 0 Å². The van der Waals surface area contributed by atoms with E-state index in [-0.39, 0.29) is 5.91 Å². The van der Waals surface area contributed by atoms with Gasteiger partial charge in [0.05, 0.1) is 19.3 Å². The molecule has 1 amide bonds. The predicted octanol–water partition coefficient (Wildman–Crippen LogP) is 3.50. The number of hydrogen-bond acceptors (Lipinski definition) is 6. The van der Waals surface area contributed by atoms with Crippen LogP contribution in [0.2, 0.25) is 5.02 Å². The highest BCUT2D eigenvalue weighted by Gasteiger charge is 2.11. The summed E-state index contributed by atoms with van der Waals surface area (Å²) < 4.78 is 6.95. The Morgan fingerprint density at radius 3 is 2.85 bits per heavy atom. The number of tetrazole rings is 1. The van der Waals surface area contributed by atoms with E-state index < -0.39 is 0 Å². The van der Waals surface area contributed by atoms with E-state index in [4.69, 9.17) is 16.3 Å². The maximum atomic E-state index is 12.2. The SMILES string of the molecule is COc1ccc(Cl)cc1NC(=O)CCSc1nnnn1Cc1ccccc1. The quantitative estimate of drug-likeness (QED) is 0.579. The predicted molar refractivity (Wildman–Crippen MR) is 105 cm³/mol. The average molecular weight is 404 g/mol. The lowest BCUT2D eigenvalue weighted by atomic mass is 10.2. The van der Waals surface area contributed by atoms with Gasteiger partial charge in [0.25, 0.3) is 0 Å². The van der Waals surface area contributed by atoms with E-state index in [0.29, 0.717) is 40.3 Å². The van der Waals surface area contributed by atoms with Gasteiger partial charge in [0.1, 0.15) is 5.75 Å². The molecule has 0 atom stereocenters. The summed E-state index contributed by atoms with van der Waals surface area (Å²) >= 11 is 7.41. The molecule has 0 saturated carbocycles. The molecule has 0 spiro atoms. The molecule has 9 heteroatoms. The van der Waals surface area contributed by atoms with Crippen LogP contribution in [0.1, 0.15) is 12.0 Å². The maximum Gasteiger partial charge on any atom is 0.225 e. The van der Waals surface area contributed by atoms with Crippen LogP contribution in [-0.2, 0) is 11.3 Å². The number of anilines is 1. The Balaban J connectivity index is 1.53. The molecule has 0 aliphatic heterocycles. The van der Waals surface area contributed by atoms with Gasteiger partial charge in [-0.3, -0.25) is 4.79 Å². The van der Waals surface area contributed by atoms with E-state index in [0.717, 1.165) is 5.56 Å². The number of rotatable bonds is 8. The van der Waals surface area contributed by atoms with Crippen LogP contribution in [0.25, 0.3) is 0 Å². The summed E-state index contributed by atoms with van der Waals surface area (Å²) in [5.41, 5.74) is 1.66. The van der Waals surface area contributed by atoms with Crippen molar-refractivity contribution in [3.63, 3.8) is 0 Å². The third-order valence-electron chi connectivity index (χ3n) is 3.67. The van der Waals surface area contributed by atoms with Crippen LogP contribution < -0.4 is 10.1 Å². The molecule has 0 aliphatic carbocycles. The van der Waals surface area contributed by atoms with Gasteiger partial charge in [-0.25, -0.2) is 4.68 Å². The summed E-state index contributed by atoms with van der Waals surface area (Å²) in [5.74, 6) is 0.974. The second kappa shape index (κ2) is 9.38. The summed E-state index contributed by atoms with van der Waals surface area (Å²) in [6.45, 7) is 0.585. The fourth-order valence-electron chi connectivity index (χ4n) is 2.38. The fourth-order valence-corrected chi connectivity index (χ4v) is 3.37. The lowest BCUT2D eigenvalue weighted by molar-refractivity contribution is -0.115. The molecule has 1 N–H and O–H groups in total. The minimum Gasteiger partial charge on any atom is -0.495 e. The van der Waals surface area contributed by atoms with E-state index in [1.807, 2.05) is 30.3 Å². The van der Waals surface area contributed by atoms with E-state index in [1.165, 1.54) is 11.8 Å². The molecule has 0 bridgehead atoms. The summed E-state index contributed by atoms with van der Waals surface area (Å²) in [4.78, 5) is 12.2. The third-order valence-corrected chi connectivity index (χ3v) is 4.86. The number of halogens is 1. The molecule has 0 radical (unpaired) electrons. The molecule has 2 aromatic carbocycles. The molecular weight excluding hydrogens is 386 g/mol. The van der Waals surface area contributed by atoms with Crippen LogP contribution in [0, 0.1) is 0 Å². The number of hydrogen-bond donors (Lipinski definition) is 1. The van der Waals surface area contributed by atoms with Crippen molar-refractivity contribution in [3.8, 4) is 5.75 Å². The number of amides is 1. The first-order chi connectivity index (χ1) is 13.2. The number of nitrogens with zero attached hydrogens (tertiary/aromatic N) is 4. The van der Waals surface area contributed by atoms with E-state index in [1.54, 1.807) is 30.0 Å². The van der Waals surface area contributed by atoms with Crippen LogP contribution in [0.3, 0.4) is 0 Å². The molecule has 0 saturated heterocycles. The lowest BCUT2D eigenvalue weighted by Gasteiger charge is -2.10. The second-order valence-corrected chi connectivity index (χ2v) is 7.09. The molecule has 7 nitrogen and oxygen atoms in total. The standard InChI is InChI=1S/C18H18ClN5O2S/c1-26-16-8-7-14(19)11-15(16)20-17(25)9-10-27-18-21-22-23-24(18)12-13-5-3-2-4-6-13/h2-8,11H,9-10,12H2,1H3,(H,20,25). The minimum absolute atomic E-state index is 0.134. The topological polar surface area (TPSA) is 81.9 Å². The maximum absolute atomic E-state index is 12.2. The van der Waals surface area contributed by atoms with Gasteiger partial charge < -0.3 is 10.1 Å². The molecule has 1 heterocycles. The molecular formula is C18H18ClN5O2S. The fraction of sp³-hybridized carbons (Fsp3) is 0.222. The minimum atomic E-state index is -0.134. The molecule has 3 aromatic rings. The molecule has 1 aromatic heterocycles. The van der Waals surface area contributed by atoms with Crippen molar-refractivity contribution in [1.82, 2.24) is 20.2 Å². The van der Waals surface area contributed by atoms with Crippen LogP contribution >= 0.6 is 23.4 Å². The van der Waals surface area contributed by atoms with Gasteiger partial charge >= 0.3 is 0 Å². The van der Waals surface area contributed by atoms with E-state index in [9.17, 15) is 4.79 Å². The summed E-state index contributed by atoms with van der Waals surface area (Å²) in [7, 11) is 1.54. The Morgan fingerprint density at radius 2 is 2.07 bits per heavy atom. The highest BCUT2D eigenvalue weighted by Crippen LogP contribution is 2.28. The van der Waals surface area contributed by atoms with Crippen molar-refractivity contribution in [3.05, 3.63) is 59.1 Å². The van der Waals surface area contributed by atoms with Crippen LogP contribution in [-0.4, -0.2) is 39.0 Å². The second-order valence-electron chi connectivity index (χ2n) is 5.60. The lowest BCUT2D eigenvalue weighted by Crippen LogP contribution is -2.13. The van der Waals surface area contributed by atoms with Gasteiger partial charge in [0.15, 0.2) is 0 Å².